The third-order valence-electron chi connectivity index (χ3n) is 2.29. The third kappa shape index (κ3) is 2.41. The number of imidazole rings is 1. The van der Waals surface area contributed by atoms with Crippen molar-refractivity contribution in [2.24, 2.45) is 0 Å². The van der Waals surface area contributed by atoms with E-state index < -0.39 is 11.7 Å². The number of H-pyrrole nitrogens is 1. The highest BCUT2D eigenvalue weighted by molar-refractivity contribution is 5.69. The van der Waals surface area contributed by atoms with Crippen molar-refractivity contribution in [3.8, 4) is 0 Å². The quantitative estimate of drug-likeness (QED) is 0.478. The number of nitrogen functional groups attached to an aromatic ring is 1. The molecular weight excluding hydrogens is 242 g/mol. The van der Waals surface area contributed by atoms with Gasteiger partial charge in [-0.05, 0) is 0 Å². The zero-order valence-electron chi connectivity index (χ0n) is 9.41. The molecule has 1 atom stereocenters. The second-order valence-electron chi connectivity index (χ2n) is 3.65. The van der Waals surface area contributed by atoms with Gasteiger partial charge in [0, 0.05) is 6.42 Å². The van der Waals surface area contributed by atoms with Crippen molar-refractivity contribution in [2.45, 2.75) is 12.5 Å². The number of hydrogen-bond acceptors (Lipinski definition) is 7. The minimum Gasteiger partial charge on any atom is -0.411 e. The molecule has 5 N–H and O–H groups in total. The number of nitrogens with two attached hydrogens (primary N) is 1. The molecule has 0 amide bonds. The Morgan fingerprint density at radius 1 is 1.61 bits per heavy atom. The normalized spacial score (nSPS) is 12.8. The maximum Gasteiger partial charge on any atom is 0.280 e. The van der Waals surface area contributed by atoms with Crippen molar-refractivity contribution in [2.75, 3.05) is 18.9 Å². The number of rotatable bonds is 5. The fourth-order valence-corrected chi connectivity index (χ4v) is 1.38. The van der Waals surface area contributed by atoms with Gasteiger partial charge in [-0.1, -0.05) is 0 Å². The molecule has 1 unspecified atom stereocenters. The highest BCUT2D eigenvalue weighted by Gasteiger charge is 2.10. The van der Waals surface area contributed by atoms with E-state index in [0.29, 0.717) is 0 Å². The average molecular weight is 255 g/mol. The largest absolute Gasteiger partial charge is 0.411 e. The van der Waals surface area contributed by atoms with Gasteiger partial charge in [-0.2, -0.15) is 9.71 Å². The van der Waals surface area contributed by atoms with Crippen molar-refractivity contribution < 1.29 is 15.1 Å². The van der Waals surface area contributed by atoms with Gasteiger partial charge in [-0.25, -0.2) is 4.98 Å². The number of aromatic amines is 1. The summed E-state index contributed by atoms with van der Waals surface area (Å²) in [5.41, 5.74) is 5.29. The highest BCUT2D eigenvalue weighted by Crippen LogP contribution is 2.04. The van der Waals surface area contributed by atoms with E-state index in [-0.39, 0.29) is 36.7 Å². The molecule has 0 saturated carbocycles. The average Bonchev–Trinajstić information content (AvgIpc) is 2.72. The van der Waals surface area contributed by atoms with Crippen LogP contribution in [-0.2, 0) is 0 Å². The van der Waals surface area contributed by atoms with Gasteiger partial charge >= 0.3 is 0 Å². The smallest absolute Gasteiger partial charge is 0.280 e. The maximum atomic E-state index is 11.5. The highest BCUT2D eigenvalue weighted by atomic mass is 16.7. The van der Waals surface area contributed by atoms with E-state index in [4.69, 9.17) is 20.8 Å². The molecule has 9 nitrogen and oxygen atoms in total. The van der Waals surface area contributed by atoms with Crippen molar-refractivity contribution in [3.05, 3.63) is 16.7 Å². The van der Waals surface area contributed by atoms with Crippen LogP contribution in [0.4, 0.5) is 5.95 Å². The Kier molecular flexibility index (Phi) is 3.44. The number of aliphatic hydroxyl groups is 2. The second-order valence-corrected chi connectivity index (χ2v) is 3.65. The Labute approximate surface area is 101 Å². The van der Waals surface area contributed by atoms with Crippen LogP contribution < -0.4 is 16.1 Å². The summed E-state index contributed by atoms with van der Waals surface area (Å²) < 4.78 is 1.20. The monoisotopic (exact) mass is 255 g/mol. The van der Waals surface area contributed by atoms with Gasteiger partial charge in [-0.3, -0.25) is 9.78 Å². The first kappa shape index (κ1) is 12.3. The SMILES string of the molecule is Nc1nc2c(ncn2OCCC(O)CO)c(=O)[nH]1. The number of aliphatic hydroxyl groups excluding tert-OH is 2. The van der Waals surface area contributed by atoms with Crippen LogP contribution in [0, 0.1) is 0 Å². The lowest BCUT2D eigenvalue weighted by Gasteiger charge is -2.09. The Morgan fingerprint density at radius 3 is 3.11 bits per heavy atom. The number of nitrogens with zero attached hydrogens (tertiary/aromatic N) is 3. The van der Waals surface area contributed by atoms with Crippen LogP contribution in [0.1, 0.15) is 6.42 Å². The standard InChI is InChI=1S/C9H13N5O4/c10-9-12-7-6(8(17)13-9)11-4-14(7)18-2-1-5(16)3-15/h4-5,15-16H,1-3H2,(H3,10,12,13,17). The van der Waals surface area contributed by atoms with Gasteiger partial charge in [-0.15, -0.1) is 0 Å². The molecule has 0 aromatic carbocycles. The topological polar surface area (TPSA) is 139 Å². The van der Waals surface area contributed by atoms with E-state index in [9.17, 15) is 4.79 Å². The van der Waals surface area contributed by atoms with Crippen LogP contribution in [0.2, 0.25) is 0 Å². The number of anilines is 1. The Morgan fingerprint density at radius 2 is 2.39 bits per heavy atom. The zero-order chi connectivity index (χ0) is 13.1. The summed E-state index contributed by atoms with van der Waals surface area (Å²) in [5, 5.41) is 17.8. The lowest BCUT2D eigenvalue weighted by atomic mass is 10.3. The Bertz CT molecular complexity index is 592. The summed E-state index contributed by atoms with van der Waals surface area (Å²) in [4.78, 5) is 26.8. The summed E-state index contributed by atoms with van der Waals surface area (Å²) in [5.74, 6) is -0.0340. The predicted octanol–water partition coefficient (Wildman–Crippen LogP) is -2.13. The van der Waals surface area contributed by atoms with Crippen LogP contribution >= 0.6 is 0 Å². The predicted molar refractivity (Wildman–Crippen MR) is 61.7 cm³/mol. The van der Waals surface area contributed by atoms with E-state index in [0.717, 1.165) is 0 Å². The lowest BCUT2D eigenvalue weighted by Crippen LogP contribution is -2.21. The maximum absolute atomic E-state index is 11.5. The number of hydrogen-bond donors (Lipinski definition) is 4. The minimum absolute atomic E-state index is 0.0340. The minimum atomic E-state index is -0.846. The number of nitrogens with one attached hydrogen (secondary N) is 1. The third-order valence-corrected chi connectivity index (χ3v) is 2.29. The molecule has 0 fully saturated rings. The molecule has 0 radical (unpaired) electrons. The Hall–Kier alpha value is -2.13. The summed E-state index contributed by atoms with van der Waals surface area (Å²) in [6, 6.07) is 0. The molecule has 0 aliphatic carbocycles. The summed E-state index contributed by atoms with van der Waals surface area (Å²) in [7, 11) is 0. The first-order valence-electron chi connectivity index (χ1n) is 5.27. The van der Waals surface area contributed by atoms with Gasteiger partial charge < -0.3 is 20.8 Å². The van der Waals surface area contributed by atoms with Gasteiger partial charge in [0.2, 0.25) is 11.6 Å². The van der Waals surface area contributed by atoms with E-state index in [2.05, 4.69) is 15.0 Å². The molecule has 2 aromatic rings. The lowest BCUT2D eigenvalue weighted by molar-refractivity contribution is 0.0444. The van der Waals surface area contributed by atoms with Crippen LogP contribution in [0.3, 0.4) is 0 Å². The van der Waals surface area contributed by atoms with E-state index in [1.807, 2.05) is 0 Å². The molecule has 9 heteroatoms. The van der Waals surface area contributed by atoms with Crippen molar-refractivity contribution in [1.29, 1.82) is 0 Å². The molecular formula is C9H13N5O4. The Balaban J connectivity index is 2.17. The number of fused-ring (bicyclic) bond motifs is 1. The number of aromatic nitrogens is 4. The zero-order valence-corrected chi connectivity index (χ0v) is 9.41. The molecule has 0 aliphatic rings. The second kappa shape index (κ2) is 5.02. The molecule has 0 bridgehead atoms. The molecule has 98 valence electrons. The fourth-order valence-electron chi connectivity index (χ4n) is 1.38. The summed E-state index contributed by atoms with van der Waals surface area (Å²) >= 11 is 0. The first-order valence-corrected chi connectivity index (χ1v) is 5.27. The van der Waals surface area contributed by atoms with Gasteiger partial charge in [0.1, 0.15) is 12.9 Å². The van der Waals surface area contributed by atoms with Crippen molar-refractivity contribution in [3.63, 3.8) is 0 Å². The van der Waals surface area contributed by atoms with E-state index in [1.165, 1.54) is 11.1 Å². The van der Waals surface area contributed by atoms with E-state index in [1.54, 1.807) is 0 Å². The molecule has 2 heterocycles. The van der Waals surface area contributed by atoms with Crippen molar-refractivity contribution >= 4 is 17.1 Å². The summed E-state index contributed by atoms with van der Waals surface area (Å²) in [6.07, 6.45) is 0.688. The van der Waals surface area contributed by atoms with Crippen LogP contribution in [0.15, 0.2) is 11.1 Å². The van der Waals surface area contributed by atoms with Gasteiger partial charge in [0.15, 0.2) is 5.52 Å². The van der Waals surface area contributed by atoms with Crippen LogP contribution in [0.25, 0.3) is 11.2 Å². The van der Waals surface area contributed by atoms with Gasteiger partial charge in [0.05, 0.1) is 12.7 Å². The van der Waals surface area contributed by atoms with Gasteiger partial charge in [0.25, 0.3) is 5.56 Å². The van der Waals surface area contributed by atoms with Crippen LogP contribution in [0.5, 0.6) is 0 Å². The molecule has 2 aromatic heterocycles. The first-order chi connectivity index (χ1) is 8.61. The fraction of sp³-hybridized carbons (Fsp3) is 0.444. The summed E-state index contributed by atoms with van der Waals surface area (Å²) in [6.45, 7) is -0.194. The molecule has 0 spiro atoms. The van der Waals surface area contributed by atoms with Crippen molar-refractivity contribution in [1.82, 2.24) is 19.7 Å². The molecule has 0 aliphatic heterocycles. The van der Waals surface area contributed by atoms with E-state index >= 15 is 0 Å². The molecule has 0 saturated heterocycles. The van der Waals surface area contributed by atoms with Crippen LogP contribution in [-0.4, -0.2) is 49.2 Å². The molecule has 2 rings (SSSR count). The molecule has 18 heavy (non-hydrogen) atoms.